The number of hydrogen-bond acceptors (Lipinski definition) is 8. The number of anilines is 1. The van der Waals surface area contributed by atoms with E-state index in [1.165, 1.54) is 18.0 Å². The van der Waals surface area contributed by atoms with E-state index in [-0.39, 0.29) is 28.9 Å². The van der Waals surface area contributed by atoms with Crippen molar-refractivity contribution in [3.05, 3.63) is 65.9 Å². The maximum absolute atomic E-state index is 13.2. The number of carbonyl (C=O) groups is 1. The molecular weight excluding hydrogens is 463 g/mol. The zero-order valence-corrected chi connectivity index (χ0v) is 21.6. The fraction of sp³-hybridized carbons (Fsp3) is 0.370. The van der Waals surface area contributed by atoms with Gasteiger partial charge in [0.15, 0.2) is 0 Å². The molecule has 3 aromatic rings. The Morgan fingerprint density at radius 2 is 1.86 bits per heavy atom. The molecule has 1 aromatic carbocycles. The predicted octanol–water partition coefficient (Wildman–Crippen LogP) is 1.76. The summed E-state index contributed by atoms with van der Waals surface area (Å²) in [5.41, 5.74) is 6.65. The molecule has 0 saturated carbocycles. The molecule has 0 unspecified atom stereocenters. The Morgan fingerprint density at radius 1 is 1.14 bits per heavy atom. The van der Waals surface area contributed by atoms with Crippen LogP contribution >= 0.6 is 0 Å². The van der Waals surface area contributed by atoms with Gasteiger partial charge in [-0.05, 0) is 35.6 Å². The molecule has 0 spiro atoms. The number of nitrogens with one attached hydrogen (secondary N) is 1. The topological polar surface area (TPSA) is 101 Å². The lowest BCUT2D eigenvalue weighted by molar-refractivity contribution is 0.0947. The number of amides is 1. The Morgan fingerprint density at radius 3 is 2.54 bits per heavy atom. The van der Waals surface area contributed by atoms with Crippen molar-refractivity contribution in [1.82, 2.24) is 30.2 Å². The number of hydrazine groups is 1. The Balaban J connectivity index is 1.48. The minimum atomic E-state index is -0.349. The van der Waals surface area contributed by atoms with E-state index in [1.54, 1.807) is 11.2 Å². The number of piperazine rings is 1. The molecule has 3 heterocycles. The van der Waals surface area contributed by atoms with Crippen LogP contribution in [0.3, 0.4) is 0 Å². The monoisotopic (exact) mass is 494 g/mol. The number of benzene rings is 1. The lowest BCUT2D eigenvalue weighted by atomic mass is 9.98. The third kappa shape index (κ3) is 6.91. The average Bonchev–Trinajstić information content (AvgIpc) is 2.90. The SMILES string of the molecule is [B]c1cnc(C#N)nc1N(CC(C)C)NC(=O)c1cncc(-c2ccc(CN3CCN(C)CC3)cc2)c1. The van der Waals surface area contributed by atoms with Crippen molar-refractivity contribution in [2.45, 2.75) is 20.4 Å². The van der Waals surface area contributed by atoms with Crippen LogP contribution < -0.4 is 15.9 Å². The Labute approximate surface area is 219 Å². The zero-order chi connectivity index (χ0) is 26.4. The highest BCUT2D eigenvalue weighted by atomic mass is 16.2. The third-order valence-corrected chi connectivity index (χ3v) is 6.23. The normalized spacial score (nSPS) is 14.4. The number of nitrogens with zero attached hydrogens (tertiary/aromatic N) is 7. The number of hydrogen-bond donors (Lipinski definition) is 1. The molecule has 1 aliphatic rings. The van der Waals surface area contributed by atoms with E-state index in [4.69, 9.17) is 7.85 Å². The molecule has 188 valence electrons. The van der Waals surface area contributed by atoms with E-state index in [2.05, 4.69) is 61.5 Å². The van der Waals surface area contributed by atoms with Gasteiger partial charge in [0.25, 0.3) is 5.91 Å². The summed E-state index contributed by atoms with van der Waals surface area (Å²) in [4.78, 5) is 30.4. The molecule has 0 aliphatic carbocycles. The van der Waals surface area contributed by atoms with Crippen molar-refractivity contribution in [3.8, 4) is 17.2 Å². The average molecular weight is 494 g/mol. The fourth-order valence-corrected chi connectivity index (χ4v) is 4.18. The number of nitriles is 1. The molecule has 2 radical (unpaired) electrons. The molecule has 0 bridgehead atoms. The highest BCUT2D eigenvalue weighted by Crippen LogP contribution is 2.21. The zero-order valence-electron chi connectivity index (χ0n) is 21.6. The molecule has 0 atom stereocenters. The first-order chi connectivity index (χ1) is 17.8. The van der Waals surface area contributed by atoms with Gasteiger partial charge in [0.2, 0.25) is 5.82 Å². The molecule has 37 heavy (non-hydrogen) atoms. The van der Waals surface area contributed by atoms with E-state index in [9.17, 15) is 10.1 Å². The number of carbonyl (C=O) groups excluding carboxylic acids is 1. The first-order valence-corrected chi connectivity index (χ1v) is 12.4. The summed E-state index contributed by atoms with van der Waals surface area (Å²) in [5, 5.41) is 10.8. The molecule has 1 amide bonds. The Bertz CT molecular complexity index is 1270. The molecule has 1 fully saturated rings. The minimum absolute atomic E-state index is 0.0214. The number of pyridine rings is 1. The number of likely N-dealkylation sites (N-methyl/N-ethyl adjacent to an activating group) is 1. The molecule has 2 aromatic heterocycles. The van der Waals surface area contributed by atoms with Gasteiger partial charge in [-0.25, -0.2) is 9.97 Å². The van der Waals surface area contributed by atoms with Crippen LogP contribution in [-0.4, -0.2) is 78.3 Å². The van der Waals surface area contributed by atoms with Crippen molar-refractivity contribution < 1.29 is 4.79 Å². The van der Waals surface area contributed by atoms with Crippen LogP contribution in [0, 0.1) is 17.2 Å². The molecular formula is C27H31BN8O. The standard InChI is InChI=1S/C27H31BN8O/c1-19(2)17-36(26-24(28)16-31-25(13-29)32-26)33-27(37)23-12-22(14-30-15-23)21-6-4-20(5-7-21)18-35-10-8-34(3)9-11-35/h4-7,12,14-16,19H,8-11,17-18H2,1-3H3,(H,33,37). The summed E-state index contributed by atoms with van der Waals surface area (Å²) >= 11 is 0. The number of rotatable bonds is 8. The van der Waals surface area contributed by atoms with Crippen molar-refractivity contribution >= 4 is 25.0 Å². The van der Waals surface area contributed by atoms with Gasteiger partial charge in [-0.1, -0.05) is 38.1 Å². The second-order valence-electron chi connectivity index (χ2n) is 9.77. The Kier molecular flexibility index (Phi) is 8.48. The first-order valence-electron chi connectivity index (χ1n) is 12.4. The van der Waals surface area contributed by atoms with E-state index in [0.29, 0.717) is 12.1 Å². The molecule has 4 rings (SSSR count). The van der Waals surface area contributed by atoms with Crippen LogP contribution in [0.5, 0.6) is 0 Å². The van der Waals surface area contributed by atoms with Crippen molar-refractivity contribution in [2.24, 2.45) is 5.92 Å². The lowest BCUT2D eigenvalue weighted by Gasteiger charge is -2.32. The van der Waals surface area contributed by atoms with Crippen LogP contribution in [-0.2, 0) is 6.54 Å². The maximum Gasteiger partial charge on any atom is 0.271 e. The third-order valence-electron chi connectivity index (χ3n) is 6.23. The van der Waals surface area contributed by atoms with Gasteiger partial charge in [0.1, 0.15) is 19.7 Å². The van der Waals surface area contributed by atoms with Gasteiger partial charge in [-0.2, -0.15) is 5.26 Å². The van der Waals surface area contributed by atoms with Gasteiger partial charge >= 0.3 is 0 Å². The maximum atomic E-state index is 13.2. The highest BCUT2D eigenvalue weighted by Gasteiger charge is 2.19. The quantitative estimate of drug-likeness (QED) is 0.374. The van der Waals surface area contributed by atoms with Gasteiger partial charge in [0.05, 0.1) is 5.56 Å². The predicted molar refractivity (Wildman–Crippen MR) is 144 cm³/mol. The first kappa shape index (κ1) is 26.3. The molecule has 10 heteroatoms. The summed E-state index contributed by atoms with van der Waals surface area (Å²) in [6.45, 7) is 9.73. The van der Waals surface area contributed by atoms with Crippen molar-refractivity contribution in [3.63, 3.8) is 0 Å². The van der Waals surface area contributed by atoms with E-state index >= 15 is 0 Å². The minimum Gasteiger partial charge on any atom is -0.304 e. The highest BCUT2D eigenvalue weighted by molar-refractivity contribution is 6.35. The van der Waals surface area contributed by atoms with Gasteiger partial charge in [0, 0.05) is 63.4 Å². The van der Waals surface area contributed by atoms with E-state index in [0.717, 1.165) is 43.9 Å². The second-order valence-corrected chi connectivity index (χ2v) is 9.77. The van der Waals surface area contributed by atoms with Crippen molar-refractivity contribution in [1.29, 1.82) is 5.26 Å². The van der Waals surface area contributed by atoms with E-state index in [1.807, 2.05) is 26.0 Å². The summed E-state index contributed by atoms with van der Waals surface area (Å²) in [6.07, 6.45) is 4.65. The summed E-state index contributed by atoms with van der Waals surface area (Å²) in [7, 11) is 8.23. The largest absolute Gasteiger partial charge is 0.304 e. The van der Waals surface area contributed by atoms with Crippen LogP contribution in [0.1, 0.15) is 35.6 Å². The van der Waals surface area contributed by atoms with Gasteiger partial charge < -0.3 is 4.90 Å². The molecule has 1 N–H and O–H groups in total. The second kappa shape index (κ2) is 12.0. The van der Waals surface area contributed by atoms with E-state index < -0.39 is 0 Å². The van der Waals surface area contributed by atoms with Crippen LogP contribution in [0.4, 0.5) is 5.82 Å². The van der Waals surface area contributed by atoms with Crippen LogP contribution in [0.25, 0.3) is 11.1 Å². The fourth-order valence-electron chi connectivity index (χ4n) is 4.18. The summed E-state index contributed by atoms with van der Waals surface area (Å²) in [5.74, 6) is 0.104. The van der Waals surface area contributed by atoms with Crippen LogP contribution in [0.2, 0.25) is 0 Å². The van der Waals surface area contributed by atoms with Crippen molar-refractivity contribution in [2.75, 3.05) is 44.8 Å². The summed E-state index contributed by atoms with van der Waals surface area (Å²) < 4.78 is 0. The smallest absolute Gasteiger partial charge is 0.271 e. The van der Waals surface area contributed by atoms with Gasteiger partial charge in [-0.3, -0.25) is 25.1 Å². The lowest BCUT2D eigenvalue weighted by Crippen LogP contribution is -2.47. The van der Waals surface area contributed by atoms with Gasteiger partial charge in [-0.15, -0.1) is 0 Å². The molecule has 9 nitrogen and oxygen atoms in total. The Hall–Kier alpha value is -3.81. The van der Waals surface area contributed by atoms with Crippen LogP contribution in [0.15, 0.2) is 48.9 Å². The number of aromatic nitrogens is 3. The summed E-state index contributed by atoms with van der Waals surface area (Å²) in [6, 6.07) is 12.1. The molecule has 1 aliphatic heterocycles. The molecule has 1 saturated heterocycles.